The van der Waals surface area contributed by atoms with Crippen molar-refractivity contribution in [2.75, 3.05) is 13.1 Å². The number of carbonyl (C=O) groups is 1. The van der Waals surface area contributed by atoms with Gasteiger partial charge in [-0.15, -0.1) is 0 Å². The van der Waals surface area contributed by atoms with Crippen LogP contribution in [0.4, 0.5) is 10.5 Å². The lowest BCUT2D eigenvalue weighted by Gasteiger charge is -2.30. The van der Waals surface area contributed by atoms with Crippen molar-refractivity contribution in [3.63, 3.8) is 0 Å². The van der Waals surface area contributed by atoms with E-state index in [4.69, 9.17) is 4.74 Å². The van der Waals surface area contributed by atoms with Crippen molar-refractivity contribution in [3.8, 4) is 5.75 Å². The number of rotatable bonds is 14. The van der Waals surface area contributed by atoms with E-state index < -0.39 is 45.4 Å². The summed E-state index contributed by atoms with van der Waals surface area (Å²) in [4.78, 5) is 22.2. The fourth-order valence-electron chi connectivity index (χ4n) is 4.13. The van der Waals surface area contributed by atoms with Gasteiger partial charge in [-0.3, -0.25) is 10.1 Å². The van der Waals surface area contributed by atoms with E-state index in [2.05, 4.69) is 5.32 Å². The van der Waals surface area contributed by atoms with Gasteiger partial charge in [0.25, 0.3) is 0 Å². The van der Waals surface area contributed by atoms with E-state index in [0.717, 1.165) is 21.5 Å². The summed E-state index contributed by atoms with van der Waals surface area (Å²) in [7, 11) is -4.33. The largest absolute Gasteiger partial charge is 0.482 e. The fraction of sp³-hybridized carbons (Fsp3) is 0.321. The Hall–Kier alpha value is -4.00. The Balaban J connectivity index is 1.88. The van der Waals surface area contributed by atoms with Gasteiger partial charge in [0.05, 0.1) is 22.0 Å². The van der Waals surface area contributed by atoms with Crippen LogP contribution >= 0.6 is 0 Å². The minimum absolute atomic E-state index is 0.00935. The standard InChI is InChI=1S/C28H33N3O8S/c1-20(2)17-30(18-26(32)24(29-28(33)34)15-21-9-5-3-6-10-21)40(37,38)23-13-14-27(25(16-23)31(35)36)39-19-22-11-7-4-8-12-22/h3-14,16,20,24,26,29,32H,15,17-19H2,1-2H3,(H,33,34)/t24-,26-/m0/s1. The fourth-order valence-corrected chi connectivity index (χ4v) is 5.77. The number of nitrogens with zero attached hydrogens (tertiary/aromatic N) is 2. The predicted molar refractivity (Wildman–Crippen MR) is 149 cm³/mol. The number of nitro benzene ring substituents is 1. The molecule has 40 heavy (non-hydrogen) atoms. The van der Waals surface area contributed by atoms with Crippen LogP contribution in [0.25, 0.3) is 0 Å². The SMILES string of the molecule is CC(C)CN(C[C@H](O)[C@H](Cc1ccccc1)NC(=O)O)S(=O)(=O)c1ccc(OCc2ccccc2)c([N+](=O)[O-])c1. The highest BCUT2D eigenvalue weighted by molar-refractivity contribution is 7.89. The summed E-state index contributed by atoms with van der Waals surface area (Å²) in [5.74, 6) is -0.248. The molecule has 0 aliphatic carbocycles. The van der Waals surface area contributed by atoms with Crippen LogP contribution in [0.15, 0.2) is 83.8 Å². The van der Waals surface area contributed by atoms with Crippen LogP contribution in [0, 0.1) is 16.0 Å². The number of aliphatic hydroxyl groups is 1. The molecular formula is C28H33N3O8S. The van der Waals surface area contributed by atoms with Gasteiger partial charge >= 0.3 is 11.8 Å². The molecule has 3 rings (SSSR count). The highest BCUT2D eigenvalue weighted by Gasteiger charge is 2.33. The molecule has 12 heteroatoms. The first-order chi connectivity index (χ1) is 19.0. The van der Waals surface area contributed by atoms with Crippen LogP contribution < -0.4 is 10.1 Å². The smallest absolute Gasteiger partial charge is 0.404 e. The maximum atomic E-state index is 13.7. The zero-order valence-electron chi connectivity index (χ0n) is 22.2. The number of ether oxygens (including phenoxy) is 1. The molecule has 3 aromatic rings. The van der Waals surface area contributed by atoms with Crippen molar-refractivity contribution in [1.29, 1.82) is 0 Å². The number of amides is 1. The molecular weight excluding hydrogens is 538 g/mol. The lowest BCUT2D eigenvalue weighted by Crippen LogP contribution is -2.50. The van der Waals surface area contributed by atoms with E-state index >= 15 is 0 Å². The van der Waals surface area contributed by atoms with Gasteiger partial charge in [0.15, 0.2) is 5.75 Å². The number of hydrogen-bond donors (Lipinski definition) is 3. The summed E-state index contributed by atoms with van der Waals surface area (Å²) < 4.78 is 34.0. The molecule has 0 unspecified atom stereocenters. The molecule has 3 aromatic carbocycles. The summed E-state index contributed by atoms with van der Waals surface area (Å²) >= 11 is 0. The third kappa shape index (κ3) is 8.50. The second-order valence-electron chi connectivity index (χ2n) is 9.69. The Morgan fingerprint density at radius 3 is 2.15 bits per heavy atom. The van der Waals surface area contributed by atoms with Gasteiger partial charge in [0.2, 0.25) is 10.0 Å². The van der Waals surface area contributed by atoms with Gasteiger partial charge in [-0.1, -0.05) is 74.5 Å². The maximum Gasteiger partial charge on any atom is 0.404 e. The number of hydrogen-bond acceptors (Lipinski definition) is 7. The third-order valence-corrected chi connectivity index (χ3v) is 7.86. The highest BCUT2D eigenvalue weighted by Crippen LogP contribution is 2.32. The van der Waals surface area contributed by atoms with Gasteiger partial charge in [-0.2, -0.15) is 4.31 Å². The van der Waals surface area contributed by atoms with Crippen LogP contribution in [0.3, 0.4) is 0 Å². The van der Waals surface area contributed by atoms with E-state index in [9.17, 15) is 33.5 Å². The second-order valence-corrected chi connectivity index (χ2v) is 11.6. The summed E-state index contributed by atoms with van der Waals surface area (Å²) in [6.45, 7) is 3.19. The minimum atomic E-state index is -4.33. The van der Waals surface area contributed by atoms with Gasteiger partial charge in [0.1, 0.15) is 6.61 Å². The van der Waals surface area contributed by atoms with Crippen molar-refractivity contribution >= 4 is 21.8 Å². The average molecular weight is 572 g/mol. The van der Waals surface area contributed by atoms with Gasteiger partial charge in [-0.25, -0.2) is 13.2 Å². The molecule has 0 heterocycles. The topological polar surface area (TPSA) is 159 Å². The first kappa shape index (κ1) is 30.5. The third-order valence-electron chi connectivity index (χ3n) is 6.03. The van der Waals surface area contributed by atoms with Crippen molar-refractivity contribution in [2.24, 2.45) is 5.92 Å². The zero-order chi connectivity index (χ0) is 29.3. The summed E-state index contributed by atoms with van der Waals surface area (Å²) in [6.07, 6.45) is -2.64. The summed E-state index contributed by atoms with van der Waals surface area (Å²) in [5, 5.41) is 34.4. The van der Waals surface area contributed by atoms with E-state index in [1.165, 1.54) is 12.1 Å². The molecule has 2 atom stereocenters. The lowest BCUT2D eigenvalue weighted by atomic mass is 10.0. The Morgan fingerprint density at radius 2 is 1.60 bits per heavy atom. The number of aliphatic hydroxyl groups excluding tert-OH is 1. The number of benzene rings is 3. The molecule has 0 saturated heterocycles. The zero-order valence-corrected chi connectivity index (χ0v) is 23.0. The average Bonchev–Trinajstić information content (AvgIpc) is 2.91. The summed E-state index contributed by atoms with van der Waals surface area (Å²) in [6, 6.07) is 20.3. The second kappa shape index (κ2) is 13.9. The molecule has 0 bridgehead atoms. The van der Waals surface area contributed by atoms with E-state index in [-0.39, 0.29) is 36.1 Å². The highest BCUT2D eigenvalue weighted by atomic mass is 32.2. The molecule has 0 saturated carbocycles. The first-order valence-electron chi connectivity index (χ1n) is 12.6. The molecule has 0 aliphatic rings. The van der Waals surface area contributed by atoms with Crippen LogP contribution in [0.1, 0.15) is 25.0 Å². The molecule has 0 aliphatic heterocycles. The molecule has 11 nitrogen and oxygen atoms in total. The Kier molecular flexibility index (Phi) is 10.6. The summed E-state index contributed by atoms with van der Waals surface area (Å²) in [5.41, 5.74) is 1.02. The Morgan fingerprint density at radius 1 is 1.00 bits per heavy atom. The van der Waals surface area contributed by atoms with Crippen molar-refractivity contribution in [3.05, 3.63) is 100 Å². The number of sulfonamides is 1. The van der Waals surface area contributed by atoms with Gasteiger partial charge < -0.3 is 20.3 Å². The Bertz CT molecular complexity index is 1390. The number of nitrogens with one attached hydrogen (secondary N) is 1. The van der Waals surface area contributed by atoms with Crippen LogP contribution in [-0.2, 0) is 23.1 Å². The maximum absolute atomic E-state index is 13.7. The number of carboxylic acid groups (broad SMARTS) is 1. The molecule has 1 amide bonds. The van der Waals surface area contributed by atoms with Crippen molar-refractivity contribution < 1.29 is 33.1 Å². The lowest BCUT2D eigenvalue weighted by molar-refractivity contribution is -0.386. The van der Waals surface area contributed by atoms with E-state index in [1.54, 1.807) is 68.4 Å². The van der Waals surface area contributed by atoms with Gasteiger partial charge in [0, 0.05) is 19.2 Å². The van der Waals surface area contributed by atoms with Crippen molar-refractivity contribution in [1.82, 2.24) is 9.62 Å². The Labute approximate surface area is 233 Å². The normalized spacial score (nSPS) is 13.1. The molecule has 3 N–H and O–H groups in total. The van der Waals surface area contributed by atoms with Gasteiger partial charge in [-0.05, 0) is 35.6 Å². The molecule has 214 valence electrons. The molecule has 0 spiro atoms. The monoisotopic (exact) mass is 571 g/mol. The predicted octanol–water partition coefficient (Wildman–Crippen LogP) is 4.06. The van der Waals surface area contributed by atoms with Crippen molar-refractivity contribution in [2.45, 2.75) is 43.9 Å². The molecule has 0 fully saturated rings. The van der Waals surface area contributed by atoms with Crippen LogP contribution in [-0.4, -0.2) is 59.2 Å². The molecule has 0 aromatic heterocycles. The quantitative estimate of drug-likeness (QED) is 0.193. The van der Waals surface area contributed by atoms with Crippen LogP contribution in [0.2, 0.25) is 0 Å². The number of nitro groups is 1. The molecule has 0 radical (unpaired) electrons. The first-order valence-corrected chi connectivity index (χ1v) is 14.1. The van der Waals surface area contributed by atoms with E-state index in [1.807, 2.05) is 6.07 Å². The van der Waals surface area contributed by atoms with E-state index in [0.29, 0.717) is 0 Å². The van der Waals surface area contributed by atoms with Crippen LogP contribution in [0.5, 0.6) is 5.75 Å². The minimum Gasteiger partial charge on any atom is -0.482 e.